The molecule has 4 nitrogen and oxygen atoms in total. The summed E-state index contributed by atoms with van der Waals surface area (Å²) in [6, 6.07) is 0.845. The number of thiazole rings is 1. The van der Waals surface area contributed by atoms with Crippen LogP contribution in [-0.4, -0.2) is 52.9 Å². The predicted octanol–water partition coefficient (Wildman–Crippen LogP) is 4.28. The molecule has 0 atom stereocenters. The fraction of sp³-hybridized carbons (Fsp3) is 0.800. The van der Waals surface area contributed by atoms with E-state index in [0.717, 1.165) is 32.0 Å². The predicted molar refractivity (Wildman–Crippen MR) is 102 cm³/mol. The average molecular weight is 362 g/mol. The number of hydrogen-bond acceptors (Lipinski definition) is 4. The molecule has 1 amide bonds. The van der Waals surface area contributed by atoms with Crippen LogP contribution < -0.4 is 0 Å². The summed E-state index contributed by atoms with van der Waals surface area (Å²) < 4.78 is 0. The molecule has 3 aliphatic rings. The zero-order valence-electron chi connectivity index (χ0n) is 15.3. The maximum absolute atomic E-state index is 12.7. The van der Waals surface area contributed by atoms with Gasteiger partial charge in [-0.1, -0.05) is 25.7 Å². The summed E-state index contributed by atoms with van der Waals surface area (Å²) in [5.74, 6) is 0.723. The number of aromatic nitrogens is 1. The molecule has 25 heavy (non-hydrogen) atoms. The minimum Gasteiger partial charge on any atom is -0.337 e. The normalized spacial score (nSPS) is 24.6. The quantitative estimate of drug-likeness (QED) is 0.806. The number of rotatable bonds is 3. The molecule has 1 aliphatic carbocycles. The zero-order chi connectivity index (χ0) is 17.1. The number of nitrogens with zero attached hydrogens (tertiary/aromatic N) is 3. The van der Waals surface area contributed by atoms with Gasteiger partial charge in [-0.3, -0.25) is 4.79 Å². The Balaban J connectivity index is 1.34. The monoisotopic (exact) mass is 361 g/mol. The van der Waals surface area contributed by atoms with E-state index in [-0.39, 0.29) is 5.91 Å². The van der Waals surface area contributed by atoms with Gasteiger partial charge in [0.05, 0.1) is 5.01 Å². The van der Waals surface area contributed by atoms with Crippen LogP contribution >= 0.6 is 11.3 Å². The van der Waals surface area contributed by atoms with Gasteiger partial charge >= 0.3 is 0 Å². The van der Waals surface area contributed by atoms with Crippen molar-refractivity contribution in [3.05, 3.63) is 16.1 Å². The maximum Gasteiger partial charge on any atom is 0.273 e. The number of carbonyl (C=O) groups excluding carboxylic acids is 1. The highest BCUT2D eigenvalue weighted by Gasteiger charge is 2.29. The van der Waals surface area contributed by atoms with Crippen molar-refractivity contribution in [2.75, 3.05) is 26.2 Å². The average Bonchev–Trinajstić information content (AvgIpc) is 3.29. The van der Waals surface area contributed by atoms with Crippen LogP contribution in [0.15, 0.2) is 5.38 Å². The molecule has 0 bridgehead atoms. The Morgan fingerprint density at radius 3 is 2.28 bits per heavy atom. The molecule has 0 unspecified atom stereocenters. The maximum atomic E-state index is 12.7. The van der Waals surface area contributed by atoms with Gasteiger partial charge in [-0.05, 0) is 51.6 Å². The SMILES string of the molecule is O=C(c1csc(C2CCN(C3CCCC3)CC2)n1)N1CCCCCC1. The highest BCUT2D eigenvalue weighted by atomic mass is 32.1. The number of carbonyl (C=O) groups is 1. The van der Waals surface area contributed by atoms with Gasteiger partial charge in [-0.15, -0.1) is 11.3 Å². The molecular weight excluding hydrogens is 330 g/mol. The smallest absolute Gasteiger partial charge is 0.273 e. The third kappa shape index (κ3) is 4.08. The van der Waals surface area contributed by atoms with Crippen molar-refractivity contribution in [3.8, 4) is 0 Å². The van der Waals surface area contributed by atoms with E-state index >= 15 is 0 Å². The minimum atomic E-state index is 0.160. The number of piperidine rings is 1. The van der Waals surface area contributed by atoms with Gasteiger partial charge in [0, 0.05) is 30.4 Å². The van der Waals surface area contributed by atoms with Crippen LogP contribution in [0, 0.1) is 0 Å². The summed E-state index contributed by atoms with van der Waals surface area (Å²) in [7, 11) is 0. The van der Waals surface area contributed by atoms with Gasteiger partial charge in [0.1, 0.15) is 5.69 Å². The van der Waals surface area contributed by atoms with Crippen molar-refractivity contribution in [1.29, 1.82) is 0 Å². The second kappa shape index (κ2) is 8.17. The summed E-state index contributed by atoms with van der Waals surface area (Å²) in [4.78, 5) is 22.2. The van der Waals surface area contributed by atoms with Crippen molar-refractivity contribution in [1.82, 2.24) is 14.8 Å². The lowest BCUT2D eigenvalue weighted by atomic mass is 9.96. The van der Waals surface area contributed by atoms with Crippen molar-refractivity contribution in [2.24, 2.45) is 0 Å². The molecule has 0 spiro atoms. The first-order valence-electron chi connectivity index (χ1n) is 10.3. The van der Waals surface area contributed by atoms with Crippen LogP contribution in [0.1, 0.15) is 85.6 Å². The molecule has 5 heteroatoms. The van der Waals surface area contributed by atoms with Crippen molar-refractivity contribution >= 4 is 17.2 Å². The first kappa shape index (κ1) is 17.5. The van der Waals surface area contributed by atoms with E-state index in [4.69, 9.17) is 4.98 Å². The van der Waals surface area contributed by atoms with Crippen LogP contribution in [0.4, 0.5) is 0 Å². The molecule has 2 aliphatic heterocycles. The summed E-state index contributed by atoms with van der Waals surface area (Å²) >= 11 is 1.71. The lowest BCUT2D eigenvalue weighted by Gasteiger charge is -2.35. The van der Waals surface area contributed by atoms with E-state index in [0.29, 0.717) is 11.6 Å². The Bertz CT molecular complexity index is 565. The summed E-state index contributed by atoms with van der Waals surface area (Å²) in [6.45, 7) is 4.24. The molecule has 3 heterocycles. The topological polar surface area (TPSA) is 36.4 Å². The second-order valence-corrected chi connectivity index (χ2v) is 8.92. The lowest BCUT2D eigenvalue weighted by molar-refractivity contribution is 0.0756. The molecule has 4 rings (SSSR count). The largest absolute Gasteiger partial charge is 0.337 e. The van der Waals surface area contributed by atoms with E-state index in [1.807, 2.05) is 10.3 Å². The fourth-order valence-electron chi connectivity index (χ4n) is 4.79. The zero-order valence-corrected chi connectivity index (χ0v) is 16.1. The molecule has 2 saturated heterocycles. The Labute approximate surface area is 155 Å². The minimum absolute atomic E-state index is 0.160. The molecule has 0 radical (unpaired) electrons. The number of hydrogen-bond donors (Lipinski definition) is 0. The van der Waals surface area contributed by atoms with E-state index < -0.39 is 0 Å². The number of amides is 1. The Morgan fingerprint density at radius 1 is 0.920 bits per heavy atom. The van der Waals surface area contributed by atoms with Crippen LogP contribution in [0.5, 0.6) is 0 Å². The molecule has 0 aromatic carbocycles. The summed E-state index contributed by atoms with van der Waals surface area (Å²) in [5.41, 5.74) is 0.695. The van der Waals surface area contributed by atoms with Gasteiger partial charge in [-0.2, -0.15) is 0 Å². The van der Waals surface area contributed by atoms with Crippen LogP contribution in [0.2, 0.25) is 0 Å². The van der Waals surface area contributed by atoms with Gasteiger partial charge < -0.3 is 9.80 Å². The second-order valence-electron chi connectivity index (χ2n) is 8.03. The fourth-order valence-corrected chi connectivity index (χ4v) is 5.76. The van der Waals surface area contributed by atoms with Crippen LogP contribution in [-0.2, 0) is 0 Å². The lowest BCUT2D eigenvalue weighted by Crippen LogP contribution is -2.39. The molecule has 0 N–H and O–H groups in total. The van der Waals surface area contributed by atoms with Crippen molar-refractivity contribution in [2.45, 2.75) is 76.2 Å². The van der Waals surface area contributed by atoms with E-state index in [2.05, 4.69) is 4.90 Å². The Morgan fingerprint density at radius 2 is 1.60 bits per heavy atom. The van der Waals surface area contributed by atoms with Gasteiger partial charge in [-0.25, -0.2) is 4.98 Å². The molecule has 138 valence electrons. The third-order valence-electron chi connectivity index (χ3n) is 6.35. The Kier molecular flexibility index (Phi) is 5.71. The molecule has 1 aromatic heterocycles. The number of likely N-dealkylation sites (tertiary alicyclic amines) is 2. The van der Waals surface area contributed by atoms with Gasteiger partial charge in [0.25, 0.3) is 5.91 Å². The molecule has 1 aromatic rings. The van der Waals surface area contributed by atoms with Crippen molar-refractivity contribution < 1.29 is 4.79 Å². The summed E-state index contributed by atoms with van der Waals surface area (Å²) in [6.07, 6.45) is 12.8. The van der Waals surface area contributed by atoms with E-state index in [9.17, 15) is 4.79 Å². The van der Waals surface area contributed by atoms with Crippen molar-refractivity contribution in [3.63, 3.8) is 0 Å². The van der Waals surface area contributed by atoms with E-state index in [1.54, 1.807) is 11.3 Å². The van der Waals surface area contributed by atoms with Gasteiger partial charge in [0.15, 0.2) is 0 Å². The highest BCUT2D eigenvalue weighted by molar-refractivity contribution is 7.09. The molecular formula is C20H31N3OS. The summed E-state index contributed by atoms with van der Waals surface area (Å²) in [5, 5.41) is 3.20. The molecule has 3 fully saturated rings. The van der Waals surface area contributed by atoms with E-state index in [1.165, 1.54) is 69.5 Å². The first-order chi connectivity index (χ1) is 12.3. The van der Waals surface area contributed by atoms with Crippen LogP contribution in [0.25, 0.3) is 0 Å². The van der Waals surface area contributed by atoms with Gasteiger partial charge in [0.2, 0.25) is 0 Å². The third-order valence-corrected chi connectivity index (χ3v) is 7.36. The molecule has 1 saturated carbocycles. The first-order valence-corrected chi connectivity index (χ1v) is 11.2. The standard InChI is InChI=1S/C20H31N3OS/c24-20(23-11-5-1-2-6-12-23)18-15-25-19(21-18)16-9-13-22(14-10-16)17-7-3-4-8-17/h15-17H,1-14H2. The highest BCUT2D eigenvalue weighted by Crippen LogP contribution is 2.34. The van der Waals surface area contributed by atoms with Crippen LogP contribution in [0.3, 0.4) is 0 Å². The Hall–Kier alpha value is -0.940.